The smallest absolute Gasteiger partial charge is 0.407 e. The van der Waals surface area contributed by atoms with Gasteiger partial charge < -0.3 is 29.7 Å². The van der Waals surface area contributed by atoms with E-state index in [4.69, 9.17) is 19.3 Å². The minimum atomic E-state index is -1.49. The molecule has 2 rings (SSSR count). The van der Waals surface area contributed by atoms with E-state index in [0.717, 1.165) is 0 Å². The first-order valence-corrected chi connectivity index (χ1v) is 9.33. The number of aliphatic carboxylic acids is 1. The van der Waals surface area contributed by atoms with Gasteiger partial charge in [0.05, 0.1) is 12.5 Å². The summed E-state index contributed by atoms with van der Waals surface area (Å²) >= 11 is 0. The van der Waals surface area contributed by atoms with Gasteiger partial charge in [-0.05, 0) is 24.3 Å². The number of ether oxygens (including phenoxy) is 3. The average molecular weight is 429 g/mol. The topological polar surface area (TPSA) is 131 Å². The molecule has 0 radical (unpaired) electrons. The van der Waals surface area contributed by atoms with Gasteiger partial charge in [-0.1, -0.05) is 43.0 Å². The van der Waals surface area contributed by atoms with Crippen molar-refractivity contribution in [3.63, 3.8) is 0 Å². The van der Waals surface area contributed by atoms with Crippen LogP contribution in [-0.4, -0.2) is 53.6 Å². The number of alkyl carbamates (subject to hydrolysis) is 1. The molecule has 2 atom stereocenters. The first kappa shape index (κ1) is 23.4. The maximum Gasteiger partial charge on any atom is 0.407 e. The Bertz CT molecular complexity index is 899. The first-order chi connectivity index (χ1) is 14.9. The van der Waals surface area contributed by atoms with Crippen molar-refractivity contribution in [1.82, 2.24) is 5.32 Å². The summed E-state index contributed by atoms with van der Waals surface area (Å²) in [5.41, 5.74) is 0.117. The summed E-state index contributed by atoms with van der Waals surface area (Å²) in [5.74, 6) is -1.28. The molecular formula is C22H23NO8. The number of carbonyl (C=O) groups excluding carboxylic acids is 2. The van der Waals surface area contributed by atoms with Crippen molar-refractivity contribution in [2.45, 2.75) is 18.6 Å². The van der Waals surface area contributed by atoms with Crippen molar-refractivity contribution in [2.75, 3.05) is 13.2 Å². The lowest BCUT2D eigenvalue weighted by Crippen LogP contribution is -2.47. The van der Waals surface area contributed by atoms with E-state index in [1.165, 1.54) is 12.1 Å². The fraction of sp³-hybridized carbons (Fsp3) is 0.227. The van der Waals surface area contributed by atoms with Crippen molar-refractivity contribution in [1.29, 1.82) is 0 Å². The largest absolute Gasteiger partial charge is 0.481 e. The summed E-state index contributed by atoms with van der Waals surface area (Å²) in [6.07, 6.45) is -1.69. The molecule has 0 aliphatic heterocycles. The number of hydrogen-bond acceptors (Lipinski definition) is 7. The summed E-state index contributed by atoms with van der Waals surface area (Å²) < 4.78 is 15.6. The molecule has 31 heavy (non-hydrogen) atoms. The molecule has 0 aliphatic carbocycles. The molecule has 0 fully saturated rings. The van der Waals surface area contributed by atoms with Gasteiger partial charge in [-0.25, -0.2) is 9.59 Å². The molecule has 3 N–H and O–H groups in total. The van der Waals surface area contributed by atoms with Gasteiger partial charge in [0.15, 0.2) is 0 Å². The Balaban J connectivity index is 2.01. The lowest BCUT2D eigenvalue weighted by atomic mass is 10.1. The summed E-state index contributed by atoms with van der Waals surface area (Å²) in [5, 5.41) is 21.5. The molecule has 1 amide bonds. The third-order valence-corrected chi connectivity index (χ3v) is 3.96. The minimum Gasteiger partial charge on any atom is -0.481 e. The summed E-state index contributed by atoms with van der Waals surface area (Å²) in [7, 11) is 0. The van der Waals surface area contributed by atoms with Crippen molar-refractivity contribution >= 4 is 18.0 Å². The Kier molecular flexibility index (Phi) is 9.06. The number of carbonyl (C=O) groups is 3. The molecule has 2 aromatic carbocycles. The molecule has 0 heterocycles. The Morgan fingerprint density at radius 1 is 1.03 bits per heavy atom. The molecule has 9 nitrogen and oxygen atoms in total. The quantitative estimate of drug-likeness (QED) is 0.367. The highest BCUT2D eigenvalue weighted by Crippen LogP contribution is 2.25. The second-order valence-corrected chi connectivity index (χ2v) is 6.31. The van der Waals surface area contributed by atoms with Gasteiger partial charge in [0.2, 0.25) is 0 Å². The zero-order valence-corrected chi connectivity index (χ0v) is 16.6. The van der Waals surface area contributed by atoms with Crippen molar-refractivity contribution in [3.8, 4) is 11.5 Å². The van der Waals surface area contributed by atoms with Crippen LogP contribution in [0.3, 0.4) is 0 Å². The van der Waals surface area contributed by atoms with Gasteiger partial charge >= 0.3 is 18.0 Å². The Morgan fingerprint density at radius 3 is 2.39 bits per heavy atom. The van der Waals surface area contributed by atoms with Gasteiger partial charge in [0.25, 0.3) is 0 Å². The van der Waals surface area contributed by atoms with Gasteiger partial charge in [0, 0.05) is 0 Å². The number of amides is 1. The zero-order valence-electron chi connectivity index (χ0n) is 16.6. The summed E-state index contributed by atoms with van der Waals surface area (Å²) in [6.45, 7) is 2.74. The molecule has 0 saturated heterocycles. The molecule has 164 valence electrons. The highest BCUT2D eigenvalue weighted by molar-refractivity contribution is 5.92. The average Bonchev–Trinajstić information content (AvgIpc) is 2.76. The summed E-state index contributed by atoms with van der Waals surface area (Å²) in [4.78, 5) is 35.2. The maximum absolute atomic E-state index is 12.5. The number of para-hydroxylation sites is 2. The van der Waals surface area contributed by atoms with Crippen LogP contribution in [-0.2, 0) is 14.3 Å². The number of esters is 1. The molecule has 0 bridgehead atoms. The third kappa shape index (κ3) is 7.82. The van der Waals surface area contributed by atoms with Crippen LogP contribution in [0.2, 0.25) is 0 Å². The summed E-state index contributed by atoms with van der Waals surface area (Å²) in [6, 6.07) is 14.0. The van der Waals surface area contributed by atoms with Gasteiger partial charge in [-0.2, -0.15) is 0 Å². The van der Waals surface area contributed by atoms with E-state index in [0.29, 0.717) is 5.75 Å². The standard InChI is InChI=1S/C22H23NO8/c1-2-12-29-22(28)23-17(13-20(25)26)18(24)14-30-21(27)16-10-6-7-11-19(16)31-15-8-4-3-5-9-15/h2-11,17-18,24H,1,12-14H2,(H,23,28)(H,25,26). The number of benzene rings is 2. The van der Waals surface area contributed by atoms with Gasteiger partial charge in [-0.3, -0.25) is 4.79 Å². The maximum atomic E-state index is 12.5. The molecule has 0 aliphatic rings. The lowest BCUT2D eigenvalue weighted by Gasteiger charge is -2.22. The van der Waals surface area contributed by atoms with E-state index >= 15 is 0 Å². The number of carboxylic acid groups (broad SMARTS) is 1. The Hall–Kier alpha value is -3.85. The highest BCUT2D eigenvalue weighted by Gasteiger charge is 2.26. The Morgan fingerprint density at radius 2 is 1.71 bits per heavy atom. The number of hydrogen-bond donors (Lipinski definition) is 3. The fourth-order valence-corrected chi connectivity index (χ4v) is 2.49. The SMILES string of the molecule is C=CCOC(=O)NC(CC(=O)O)C(O)COC(=O)c1ccccc1Oc1ccccc1. The molecule has 2 unspecified atom stereocenters. The van der Waals surface area contributed by atoms with E-state index in [-0.39, 0.29) is 17.9 Å². The van der Waals surface area contributed by atoms with Crippen molar-refractivity contribution in [3.05, 3.63) is 72.8 Å². The van der Waals surface area contributed by atoms with E-state index in [9.17, 15) is 19.5 Å². The zero-order chi connectivity index (χ0) is 22.6. The van der Waals surface area contributed by atoms with Crippen LogP contribution >= 0.6 is 0 Å². The number of carboxylic acids is 1. The Labute approximate surface area is 178 Å². The first-order valence-electron chi connectivity index (χ1n) is 9.33. The molecule has 9 heteroatoms. The highest BCUT2D eigenvalue weighted by atomic mass is 16.6. The van der Waals surface area contributed by atoms with Gasteiger partial charge in [0.1, 0.15) is 36.4 Å². The number of aliphatic hydroxyl groups is 1. The predicted molar refractivity (Wildman–Crippen MR) is 110 cm³/mol. The van der Waals surface area contributed by atoms with Crippen LogP contribution < -0.4 is 10.1 Å². The van der Waals surface area contributed by atoms with E-state index in [1.54, 1.807) is 42.5 Å². The van der Waals surface area contributed by atoms with Crippen molar-refractivity contribution < 1.29 is 38.8 Å². The van der Waals surface area contributed by atoms with E-state index in [1.807, 2.05) is 6.07 Å². The van der Waals surface area contributed by atoms with Crippen molar-refractivity contribution in [2.24, 2.45) is 0 Å². The third-order valence-electron chi connectivity index (χ3n) is 3.96. The van der Waals surface area contributed by atoms with Crippen LogP contribution in [0.15, 0.2) is 67.3 Å². The fourth-order valence-electron chi connectivity index (χ4n) is 2.49. The second kappa shape index (κ2) is 12.0. The number of aliphatic hydroxyl groups excluding tert-OH is 1. The number of rotatable bonds is 11. The molecular weight excluding hydrogens is 406 g/mol. The van der Waals surface area contributed by atoms with Crippen LogP contribution in [0.5, 0.6) is 11.5 Å². The normalized spacial score (nSPS) is 12.2. The van der Waals surface area contributed by atoms with Crippen LogP contribution in [0, 0.1) is 0 Å². The van der Waals surface area contributed by atoms with Crippen LogP contribution in [0.1, 0.15) is 16.8 Å². The van der Waals surface area contributed by atoms with E-state index < -0.39 is 43.2 Å². The molecule has 2 aromatic rings. The molecule has 0 saturated carbocycles. The monoisotopic (exact) mass is 429 g/mol. The van der Waals surface area contributed by atoms with Crippen LogP contribution in [0.25, 0.3) is 0 Å². The lowest BCUT2D eigenvalue weighted by molar-refractivity contribution is -0.138. The molecule has 0 aromatic heterocycles. The van der Waals surface area contributed by atoms with Gasteiger partial charge in [-0.15, -0.1) is 0 Å². The second-order valence-electron chi connectivity index (χ2n) is 6.31. The van der Waals surface area contributed by atoms with Crippen LogP contribution in [0.4, 0.5) is 4.79 Å². The molecule has 0 spiro atoms. The van der Waals surface area contributed by atoms with E-state index in [2.05, 4.69) is 11.9 Å². The minimum absolute atomic E-state index is 0.0884. The number of nitrogens with one attached hydrogen (secondary N) is 1. The predicted octanol–water partition coefficient (Wildman–Crippen LogP) is 2.75.